The Bertz CT molecular complexity index is 300. The molecule has 1 aromatic carbocycles. The molecule has 0 aliphatic carbocycles. The molecular formula is C14H24N2O. The van der Waals surface area contributed by atoms with Crippen LogP contribution in [0.25, 0.3) is 0 Å². The van der Waals surface area contributed by atoms with Crippen molar-refractivity contribution in [1.82, 2.24) is 5.32 Å². The van der Waals surface area contributed by atoms with Crippen LogP contribution < -0.4 is 11.1 Å². The van der Waals surface area contributed by atoms with Gasteiger partial charge in [-0.2, -0.15) is 0 Å². The van der Waals surface area contributed by atoms with Gasteiger partial charge in [0.2, 0.25) is 0 Å². The second-order valence-electron chi connectivity index (χ2n) is 4.79. The molecule has 0 amide bonds. The van der Waals surface area contributed by atoms with Gasteiger partial charge in [-0.3, -0.25) is 0 Å². The van der Waals surface area contributed by atoms with Crippen molar-refractivity contribution >= 4 is 0 Å². The largest absolute Gasteiger partial charge is 0.394 e. The molecule has 0 aromatic heterocycles. The Morgan fingerprint density at radius 2 is 1.88 bits per heavy atom. The first-order valence-corrected chi connectivity index (χ1v) is 6.28. The smallest absolute Gasteiger partial charge is 0.0626 e. The van der Waals surface area contributed by atoms with Gasteiger partial charge in [0, 0.05) is 6.54 Å². The van der Waals surface area contributed by atoms with Crippen molar-refractivity contribution in [3.63, 3.8) is 0 Å². The maximum absolute atomic E-state index is 9.41. The maximum atomic E-state index is 9.41. The molecule has 4 N–H and O–H groups in total. The molecule has 3 heteroatoms. The Balaban J connectivity index is 2.53. The summed E-state index contributed by atoms with van der Waals surface area (Å²) >= 11 is 0. The van der Waals surface area contributed by atoms with E-state index < -0.39 is 0 Å². The van der Waals surface area contributed by atoms with E-state index in [2.05, 4.69) is 19.2 Å². The average molecular weight is 236 g/mol. The molecule has 0 bridgehead atoms. The van der Waals surface area contributed by atoms with Crippen LogP contribution in [0.3, 0.4) is 0 Å². The van der Waals surface area contributed by atoms with Gasteiger partial charge in [0.1, 0.15) is 0 Å². The Labute approximate surface area is 104 Å². The van der Waals surface area contributed by atoms with Crippen molar-refractivity contribution in [3.8, 4) is 0 Å². The lowest BCUT2D eigenvalue weighted by molar-refractivity contribution is 0.232. The van der Waals surface area contributed by atoms with Gasteiger partial charge in [0.15, 0.2) is 0 Å². The molecule has 0 aliphatic heterocycles. The van der Waals surface area contributed by atoms with Crippen LogP contribution in [0.5, 0.6) is 0 Å². The molecule has 1 unspecified atom stereocenters. The quantitative estimate of drug-likeness (QED) is 0.673. The lowest BCUT2D eigenvalue weighted by atomic mass is 9.95. The van der Waals surface area contributed by atoms with Crippen LogP contribution in [0.4, 0.5) is 0 Å². The molecule has 2 atom stereocenters. The Morgan fingerprint density at radius 1 is 1.24 bits per heavy atom. The fourth-order valence-electron chi connectivity index (χ4n) is 1.86. The van der Waals surface area contributed by atoms with Crippen LogP contribution in [0.15, 0.2) is 30.3 Å². The summed E-state index contributed by atoms with van der Waals surface area (Å²) < 4.78 is 0. The van der Waals surface area contributed by atoms with Crippen LogP contribution in [0.1, 0.15) is 25.5 Å². The highest BCUT2D eigenvalue weighted by Gasteiger charge is 2.15. The number of nitrogens with one attached hydrogen (secondary N) is 1. The molecule has 0 fully saturated rings. The molecule has 0 aliphatic rings. The van der Waals surface area contributed by atoms with E-state index in [1.807, 2.05) is 30.3 Å². The van der Waals surface area contributed by atoms with Crippen molar-refractivity contribution in [2.45, 2.75) is 19.9 Å². The third kappa shape index (κ3) is 4.46. The predicted octanol–water partition coefficient (Wildman–Crippen LogP) is 1.54. The van der Waals surface area contributed by atoms with E-state index in [4.69, 9.17) is 5.73 Å². The van der Waals surface area contributed by atoms with Gasteiger partial charge in [-0.1, -0.05) is 44.2 Å². The highest BCUT2D eigenvalue weighted by atomic mass is 16.3. The first-order chi connectivity index (χ1) is 8.19. The number of hydrogen-bond donors (Lipinski definition) is 3. The molecule has 0 heterocycles. The highest BCUT2D eigenvalue weighted by molar-refractivity contribution is 5.18. The minimum absolute atomic E-state index is 0.00370. The van der Waals surface area contributed by atoms with E-state index in [1.54, 1.807) is 0 Å². The number of aliphatic hydroxyl groups is 1. The van der Waals surface area contributed by atoms with Gasteiger partial charge in [-0.15, -0.1) is 0 Å². The molecule has 0 saturated heterocycles. The monoisotopic (exact) mass is 236 g/mol. The van der Waals surface area contributed by atoms with E-state index in [0.717, 1.165) is 12.1 Å². The van der Waals surface area contributed by atoms with Gasteiger partial charge in [-0.25, -0.2) is 0 Å². The van der Waals surface area contributed by atoms with Crippen LogP contribution >= 0.6 is 0 Å². The first-order valence-electron chi connectivity index (χ1n) is 6.28. The van der Waals surface area contributed by atoms with E-state index in [0.29, 0.717) is 18.4 Å². The second-order valence-corrected chi connectivity index (χ2v) is 4.79. The zero-order valence-electron chi connectivity index (χ0n) is 10.8. The summed E-state index contributed by atoms with van der Waals surface area (Å²) in [6.07, 6.45) is 0. The Hall–Kier alpha value is -0.900. The first kappa shape index (κ1) is 14.2. The third-order valence-electron chi connectivity index (χ3n) is 3.26. The number of benzene rings is 1. The second kappa shape index (κ2) is 7.43. The Kier molecular flexibility index (Phi) is 6.19. The number of nitrogens with two attached hydrogens (primary N) is 1. The summed E-state index contributed by atoms with van der Waals surface area (Å²) in [5.74, 6) is 1.01. The van der Waals surface area contributed by atoms with Crippen molar-refractivity contribution in [2.24, 2.45) is 17.6 Å². The Morgan fingerprint density at radius 3 is 2.35 bits per heavy atom. The minimum Gasteiger partial charge on any atom is -0.394 e. The summed E-state index contributed by atoms with van der Waals surface area (Å²) in [5, 5.41) is 12.8. The molecule has 1 rings (SSSR count). The zero-order chi connectivity index (χ0) is 12.7. The van der Waals surface area contributed by atoms with Crippen LogP contribution in [0, 0.1) is 11.8 Å². The minimum atomic E-state index is 0.00370. The van der Waals surface area contributed by atoms with Gasteiger partial charge in [0.25, 0.3) is 0 Å². The molecule has 96 valence electrons. The van der Waals surface area contributed by atoms with Gasteiger partial charge in [0.05, 0.1) is 12.6 Å². The predicted molar refractivity (Wildman–Crippen MR) is 71.7 cm³/mol. The summed E-state index contributed by atoms with van der Waals surface area (Å²) in [6.45, 7) is 5.98. The summed E-state index contributed by atoms with van der Waals surface area (Å²) in [4.78, 5) is 0. The summed E-state index contributed by atoms with van der Waals surface area (Å²) in [5.41, 5.74) is 6.86. The lowest BCUT2D eigenvalue weighted by Crippen LogP contribution is -2.35. The van der Waals surface area contributed by atoms with Crippen molar-refractivity contribution in [1.29, 1.82) is 0 Å². The third-order valence-corrected chi connectivity index (χ3v) is 3.26. The van der Waals surface area contributed by atoms with Crippen molar-refractivity contribution in [3.05, 3.63) is 35.9 Å². The molecule has 0 saturated carbocycles. The van der Waals surface area contributed by atoms with Crippen LogP contribution in [-0.4, -0.2) is 24.8 Å². The molecule has 1 aromatic rings. The highest BCUT2D eigenvalue weighted by Crippen LogP contribution is 2.14. The lowest BCUT2D eigenvalue weighted by Gasteiger charge is -2.23. The number of hydrogen-bond acceptors (Lipinski definition) is 3. The maximum Gasteiger partial charge on any atom is 0.0626 e. The molecule has 0 radical (unpaired) electrons. The molecule has 17 heavy (non-hydrogen) atoms. The van der Waals surface area contributed by atoms with Crippen molar-refractivity contribution in [2.75, 3.05) is 19.7 Å². The SMILES string of the molecule is CC(C)C(CN)CN[C@H](CO)c1ccccc1. The van der Waals surface area contributed by atoms with E-state index in [1.165, 1.54) is 0 Å². The molecular weight excluding hydrogens is 212 g/mol. The van der Waals surface area contributed by atoms with Gasteiger partial charge >= 0.3 is 0 Å². The summed E-state index contributed by atoms with van der Waals surface area (Å²) in [7, 11) is 0. The average Bonchev–Trinajstić information content (AvgIpc) is 2.35. The summed E-state index contributed by atoms with van der Waals surface area (Å²) in [6, 6.07) is 10.0. The number of rotatable bonds is 7. The van der Waals surface area contributed by atoms with E-state index >= 15 is 0 Å². The van der Waals surface area contributed by atoms with Crippen molar-refractivity contribution < 1.29 is 5.11 Å². The fourth-order valence-corrected chi connectivity index (χ4v) is 1.86. The zero-order valence-corrected chi connectivity index (χ0v) is 10.8. The van der Waals surface area contributed by atoms with Crippen LogP contribution in [-0.2, 0) is 0 Å². The molecule has 3 nitrogen and oxygen atoms in total. The molecule has 0 spiro atoms. The van der Waals surface area contributed by atoms with Gasteiger partial charge < -0.3 is 16.2 Å². The van der Waals surface area contributed by atoms with E-state index in [9.17, 15) is 5.11 Å². The van der Waals surface area contributed by atoms with Crippen LogP contribution in [0.2, 0.25) is 0 Å². The topological polar surface area (TPSA) is 58.3 Å². The standard InChI is InChI=1S/C14H24N2O/c1-11(2)13(8-15)9-16-14(10-17)12-6-4-3-5-7-12/h3-7,11,13-14,16-17H,8-10,15H2,1-2H3/t13?,14-/m1/s1. The normalized spacial score (nSPS) is 14.9. The van der Waals surface area contributed by atoms with E-state index in [-0.39, 0.29) is 12.6 Å². The fraction of sp³-hybridized carbons (Fsp3) is 0.571. The van der Waals surface area contributed by atoms with Gasteiger partial charge in [-0.05, 0) is 23.9 Å². The number of aliphatic hydroxyl groups excluding tert-OH is 1.